The minimum Gasteiger partial charge on any atom is -0.349 e. The van der Waals surface area contributed by atoms with Crippen molar-refractivity contribution in [1.82, 2.24) is 20.1 Å². The topological polar surface area (TPSA) is 59.8 Å². The second kappa shape index (κ2) is 7.05. The molecule has 2 rings (SSSR count). The Morgan fingerprint density at radius 3 is 2.68 bits per heavy atom. The van der Waals surface area contributed by atoms with Gasteiger partial charge in [0.25, 0.3) is 0 Å². The van der Waals surface area contributed by atoms with Gasteiger partial charge in [0.2, 0.25) is 5.91 Å². The van der Waals surface area contributed by atoms with Crippen LogP contribution in [0.15, 0.2) is 5.38 Å². The summed E-state index contributed by atoms with van der Waals surface area (Å²) in [5.74, 6) is 0.552. The zero-order valence-corrected chi connectivity index (χ0v) is 14.8. The molecule has 0 bridgehead atoms. The molecule has 0 spiro atoms. The quantitative estimate of drug-likeness (QED) is 0.890. The van der Waals surface area contributed by atoms with Crippen LogP contribution >= 0.6 is 11.3 Å². The van der Waals surface area contributed by atoms with Gasteiger partial charge in [0.1, 0.15) is 5.01 Å². The van der Waals surface area contributed by atoms with Gasteiger partial charge in [-0.3, -0.25) is 9.48 Å². The lowest BCUT2D eigenvalue weighted by Crippen LogP contribution is -2.25. The molecular weight excluding hydrogens is 296 g/mol. The highest BCUT2D eigenvalue weighted by molar-refractivity contribution is 7.09. The molecule has 0 fully saturated rings. The van der Waals surface area contributed by atoms with Crippen LogP contribution in [0, 0.1) is 26.7 Å². The molecule has 1 amide bonds. The maximum Gasteiger partial charge on any atom is 0.224 e. The second-order valence-corrected chi connectivity index (χ2v) is 7.00. The van der Waals surface area contributed by atoms with Crippen molar-refractivity contribution in [1.29, 1.82) is 0 Å². The Hall–Kier alpha value is -1.69. The summed E-state index contributed by atoms with van der Waals surface area (Å²) < 4.78 is 2.01. The summed E-state index contributed by atoms with van der Waals surface area (Å²) in [5.41, 5.74) is 4.06. The minimum absolute atomic E-state index is 0.0168. The molecule has 22 heavy (non-hydrogen) atoms. The fourth-order valence-electron chi connectivity index (χ4n) is 2.39. The first-order valence-corrected chi connectivity index (χ1v) is 8.45. The van der Waals surface area contributed by atoms with Gasteiger partial charge in [-0.1, -0.05) is 13.8 Å². The Balaban J connectivity index is 1.97. The van der Waals surface area contributed by atoms with E-state index in [2.05, 4.69) is 29.2 Å². The number of hydrogen-bond donors (Lipinski definition) is 1. The fraction of sp³-hybridized carbons (Fsp3) is 0.562. The van der Waals surface area contributed by atoms with Gasteiger partial charge in [0.05, 0.1) is 18.7 Å². The third kappa shape index (κ3) is 4.16. The van der Waals surface area contributed by atoms with E-state index < -0.39 is 0 Å². The average Bonchev–Trinajstić information content (AvgIpc) is 2.95. The van der Waals surface area contributed by atoms with Gasteiger partial charge in [0, 0.05) is 28.9 Å². The lowest BCUT2D eigenvalue weighted by atomic mass is 10.1. The summed E-state index contributed by atoms with van der Waals surface area (Å²) in [6.45, 7) is 11.7. The van der Waals surface area contributed by atoms with E-state index in [-0.39, 0.29) is 5.91 Å². The number of aromatic nitrogens is 3. The normalized spacial score (nSPS) is 11.2. The summed E-state index contributed by atoms with van der Waals surface area (Å²) in [5, 5.41) is 10.4. The van der Waals surface area contributed by atoms with Crippen molar-refractivity contribution in [2.45, 2.75) is 54.1 Å². The highest BCUT2D eigenvalue weighted by Crippen LogP contribution is 2.15. The van der Waals surface area contributed by atoms with Crippen LogP contribution in [0.3, 0.4) is 0 Å². The zero-order valence-electron chi connectivity index (χ0n) is 13.9. The Morgan fingerprint density at radius 1 is 1.36 bits per heavy atom. The maximum absolute atomic E-state index is 12.2. The van der Waals surface area contributed by atoms with Crippen LogP contribution in [-0.4, -0.2) is 20.7 Å². The Labute approximate surface area is 135 Å². The van der Waals surface area contributed by atoms with E-state index in [9.17, 15) is 4.79 Å². The predicted octanol–water partition coefficient (Wildman–Crippen LogP) is 2.78. The van der Waals surface area contributed by atoms with Crippen LogP contribution in [0.4, 0.5) is 0 Å². The standard InChI is InChI=1S/C16H24N4OS/c1-10(2)8-20-13(5)14(12(4)19-20)6-15(21)17-7-16-18-11(3)9-22-16/h9-10H,6-8H2,1-5H3,(H,17,21). The average molecular weight is 320 g/mol. The van der Waals surface area contributed by atoms with E-state index in [1.165, 1.54) is 0 Å². The minimum atomic E-state index is 0.0168. The highest BCUT2D eigenvalue weighted by atomic mass is 32.1. The third-order valence-electron chi connectivity index (χ3n) is 3.51. The smallest absolute Gasteiger partial charge is 0.224 e. The van der Waals surface area contributed by atoms with Crippen LogP contribution in [0.1, 0.15) is 41.5 Å². The van der Waals surface area contributed by atoms with Crippen molar-refractivity contribution in [2.75, 3.05) is 0 Å². The predicted molar refractivity (Wildman–Crippen MR) is 88.9 cm³/mol. The molecule has 2 aromatic heterocycles. The van der Waals surface area contributed by atoms with Crippen molar-refractivity contribution in [3.05, 3.63) is 33.0 Å². The molecule has 0 aliphatic carbocycles. The van der Waals surface area contributed by atoms with Gasteiger partial charge in [0.15, 0.2) is 0 Å². The van der Waals surface area contributed by atoms with Crippen LogP contribution in [-0.2, 0) is 24.3 Å². The Bertz CT molecular complexity index is 657. The zero-order chi connectivity index (χ0) is 16.3. The van der Waals surface area contributed by atoms with E-state index in [4.69, 9.17) is 0 Å². The van der Waals surface area contributed by atoms with Crippen LogP contribution in [0.2, 0.25) is 0 Å². The molecule has 5 nitrogen and oxygen atoms in total. The van der Waals surface area contributed by atoms with E-state index in [0.29, 0.717) is 18.9 Å². The van der Waals surface area contributed by atoms with Gasteiger partial charge in [-0.05, 0) is 26.7 Å². The van der Waals surface area contributed by atoms with Gasteiger partial charge < -0.3 is 5.32 Å². The van der Waals surface area contributed by atoms with Crippen molar-refractivity contribution in [3.63, 3.8) is 0 Å². The summed E-state index contributed by atoms with van der Waals surface area (Å²) in [6, 6.07) is 0. The summed E-state index contributed by atoms with van der Waals surface area (Å²) >= 11 is 1.57. The lowest BCUT2D eigenvalue weighted by molar-refractivity contribution is -0.120. The number of nitrogens with zero attached hydrogens (tertiary/aromatic N) is 3. The second-order valence-electron chi connectivity index (χ2n) is 6.06. The maximum atomic E-state index is 12.2. The lowest BCUT2D eigenvalue weighted by Gasteiger charge is -2.08. The molecular formula is C16H24N4OS. The SMILES string of the molecule is Cc1csc(CNC(=O)Cc2c(C)nn(CC(C)C)c2C)n1. The van der Waals surface area contributed by atoms with E-state index in [1.807, 2.05) is 30.8 Å². The number of aryl methyl sites for hydroxylation is 2. The molecule has 120 valence electrons. The molecule has 2 heterocycles. The number of thiazole rings is 1. The summed E-state index contributed by atoms with van der Waals surface area (Å²) in [7, 11) is 0. The highest BCUT2D eigenvalue weighted by Gasteiger charge is 2.15. The first-order valence-electron chi connectivity index (χ1n) is 7.57. The molecule has 1 N–H and O–H groups in total. The number of nitrogens with one attached hydrogen (secondary N) is 1. The van der Waals surface area contributed by atoms with Gasteiger partial charge in [-0.2, -0.15) is 5.10 Å². The van der Waals surface area contributed by atoms with E-state index in [1.54, 1.807) is 11.3 Å². The molecule has 0 aromatic carbocycles. The molecule has 0 atom stereocenters. The molecule has 0 radical (unpaired) electrons. The summed E-state index contributed by atoms with van der Waals surface area (Å²) in [6.07, 6.45) is 0.375. The monoisotopic (exact) mass is 320 g/mol. The molecule has 0 unspecified atom stereocenters. The third-order valence-corrected chi connectivity index (χ3v) is 4.48. The van der Waals surface area contributed by atoms with Gasteiger partial charge in [-0.15, -0.1) is 11.3 Å². The van der Waals surface area contributed by atoms with Crippen molar-refractivity contribution in [2.24, 2.45) is 5.92 Å². The molecule has 0 aliphatic rings. The first kappa shape index (κ1) is 16.7. The van der Waals surface area contributed by atoms with Crippen molar-refractivity contribution >= 4 is 17.2 Å². The number of carbonyl (C=O) groups excluding carboxylic acids is 1. The number of carbonyl (C=O) groups is 1. The molecule has 0 saturated heterocycles. The molecule has 0 aliphatic heterocycles. The Morgan fingerprint density at radius 2 is 2.09 bits per heavy atom. The van der Waals surface area contributed by atoms with Gasteiger partial charge in [-0.25, -0.2) is 4.98 Å². The molecule has 2 aromatic rings. The number of amides is 1. The van der Waals surface area contributed by atoms with Crippen molar-refractivity contribution in [3.8, 4) is 0 Å². The van der Waals surface area contributed by atoms with E-state index in [0.717, 1.165) is 34.2 Å². The number of rotatable bonds is 6. The fourth-order valence-corrected chi connectivity index (χ4v) is 3.11. The molecule has 6 heteroatoms. The first-order chi connectivity index (χ1) is 10.4. The summed E-state index contributed by atoms with van der Waals surface area (Å²) in [4.78, 5) is 16.5. The van der Waals surface area contributed by atoms with Crippen LogP contribution in [0.25, 0.3) is 0 Å². The Kier molecular flexibility index (Phi) is 5.34. The van der Waals surface area contributed by atoms with Crippen molar-refractivity contribution < 1.29 is 4.79 Å². The van der Waals surface area contributed by atoms with Gasteiger partial charge >= 0.3 is 0 Å². The molecule has 0 saturated carbocycles. The number of hydrogen-bond acceptors (Lipinski definition) is 4. The van der Waals surface area contributed by atoms with Crippen LogP contribution < -0.4 is 5.32 Å². The van der Waals surface area contributed by atoms with Crippen LogP contribution in [0.5, 0.6) is 0 Å². The van der Waals surface area contributed by atoms with E-state index >= 15 is 0 Å². The largest absolute Gasteiger partial charge is 0.349 e.